The number of nitrogens with zero attached hydrogens (tertiary/aromatic N) is 2. The van der Waals surface area contributed by atoms with Crippen molar-refractivity contribution in [2.24, 2.45) is 0 Å². The maximum atomic E-state index is 12.9. The molecule has 1 aromatic carbocycles. The van der Waals surface area contributed by atoms with Crippen molar-refractivity contribution in [2.75, 3.05) is 52.9 Å². The van der Waals surface area contributed by atoms with E-state index in [4.69, 9.17) is 0 Å². The van der Waals surface area contributed by atoms with E-state index in [-0.39, 0.29) is 23.8 Å². The van der Waals surface area contributed by atoms with Gasteiger partial charge in [-0.3, -0.25) is 9.69 Å². The minimum atomic E-state index is -3.66. The summed E-state index contributed by atoms with van der Waals surface area (Å²) >= 11 is 0. The highest BCUT2D eigenvalue weighted by atomic mass is 32.2. The number of carbonyl (C=O) groups excluding carboxylic acids is 1. The Morgan fingerprint density at radius 2 is 1.92 bits per heavy atom. The van der Waals surface area contributed by atoms with Crippen molar-refractivity contribution in [1.82, 2.24) is 19.8 Å². The van der Waals surface area contributed by atoms with Crippen molar-refractivity contribution < 1.29 is 17.6 Å². The molecule has 2 rings (SSSR count). The molecule has 2 N–H and O–H groups in total. The van der Waals surface area contributed by atoms with Gasteiger partial charge < -0.3 is 10.6 Å². The van der Waals surface area contributed by atoms with Crippen LogP contribution < -0.4 is 10.6 Å². The Labute approximate surface area is 154 Å². The average Bonchev–Trinajstić information content (AvgIpc) is 2.63. The van der Waals surface area contributed by atoms with E-state index in [2.05, 4.69) is 15.5 Å². The summed E-state index contributed by atoms with van der Waals surface area (Å²) in [5, 5.41) is 6.15. The van der Waals surface area contributed by atoms with Crippen LogP contribution in [0.4, 0.5) is 4.39 Å². The number of nitrogens with one attached hydrogen (secondary N) is 2. The second kappa shape index (κ2) is 9.96. The maximum absolute atomic E-state index is 12.9. The van der Waals surface area contributed by atoms with Crippen molar-refractivity contribution in [3.05, 3.63) is 30.1 Å². The van der Waals surface area contributed by atoms with Crippen molar-refractivity contribution in [2.45, 2.75) is 17.7 Å². The minimum Gasteiger partial charge on any atom is -0.355 e. The zero-order chi connectivity index (χ0) is 19.0. The predicted octanol–water partition coefficient (Wildman–Crippen LogP) is 0.248. The van der Waals surface area contributed by atoms with Gasteiger partial charge in [0.2, 0.25) is 15.9 Å². The van der Waals surface area contributed by atoms with E-state index in [0.29, 0.717) is 13.0 Å². The summed E-state index contributed by atoms with van der Waals surface area (Å²) in [7, 11) is -2.20. The summed E-state index contributed by atoms with van der Waals surface area (Å²) in [4.78, 5) is 14.2. The average molecular weight is 386 g/mol. The van der Waals surface area contributed by atoms with E-state index in [1.54, 1.807) is 0 Å². The molecule has 0 atom stereocenters. The zero-order valence-corrected chi connectivity index (χ0v) is 15.9. The molecule has 0 bridgehead atoms. The Kier molecular flexibility index (Phi) is 7.95. The van der Waals surface area contributed by atoms with Gasteiger partial charge in [-0.05, 0) is 30.7 Å². The lowest BCUT2D eigenvalue weighted by Crippen LogP contribution is -2.46. The maximum Gasteiger partial charge on any atom is 0.242 e. The molecule has 1 heterocycles. The van der Waals surface area contributed by atoms with E-state index in [1.807, 2.05) is 0 Å². The number of carbonyl (C=O) groups is 1. The number of hydrogen-bond acceptors (Lipinski definition) is 5. The molecular weight excluding hydrogens is 359 g/mol. The monoisotopic (exact) mass is 386 g/mol. The van der Waals surface area contributed by atoms with Gasteiger partial charge in [0.15, 0.2) is 0 Å². The summed E-state index contributed by atoms with van der Waals surface area (Å²) in [5.41, 5.74) is 0. The van der Waals surface area contributed by atoms with Crippen LogP contribution in [-0.4, -0.2) is 76.4 Å². The fraction of sp³-hybridized carbons (Fsp3) is 0.588. The molecule has 1 aliphatic heterocycles. The highest BCUT2D eigenvalue weighted by Crippen LogP contribution is 2.15. The van der Waals surface area contributed by atoms with E-state index >= 15 is 0 Å². The van der Waals surface area contributed by atoms with Crippen molar-refractivity contribution >= 4 is 15.9 Å². The van der Waals surface area contributed by atoms with Crippen molar-refractivity contribution in [3.8, 4) is 0 Å². The first-order valence-corrected chi connectivity index (χ1v) is 10.3. The molecule has 1 aromatic rings. The number of rotatable bonds is 9. The number of hydrogen-bond donors (Lipinski definition) is 2. The number of sulfonamides is 1. The Bertz CT molecular complexity index is 676. The summed E-state index contributed by atoms with van der Waals surface area (Å²) in [6, 6.07) is 4.72. The van der Waals surface area contributed by atoms with Crippen LogP contribution in [0.25, 0.3) is 0 Å². The molecular formula is C17H27FN4O3S. The molecule has 0 aliphatic carbocycles. The first kappa shape index (κ1) is 20.8. The quantitative estimate of drug-likeness (QED) is 0.636. The van der Waals surface area contributed by atoms with Crippen molar-refractivity contribution in [1.29, 1.82) is 0 Å². The minimum absolute atomic E-state index is 0.0434. The van der Waals surface area contributed by atoms with Gasteiger partial charge in [-0.1, -0.05) is 0 Å². The standard InChI is InChI=1S/C17H27FN4O3S/c1-21(26(24,25)16-6-4-15(18)5-7-16)11-2-3-17(23)20-10-14-22-12-8-19-9-13-22/h4-7,19H,2-3,8-14H2,1H3,(H,20,23). The fourth-order valence-electron chi connectivity index (χ4n) is 2.75. The molecule has 0 unspecified atom stereocenters. The molecule has 0 aromatic heterocycles. The Morgan fingerprint density at radius 1 is 1.27 bits per heavy atom. The van der Waals surface area contributed by atoms with Crippen LogP contribution in [0.1, 0.15) is 12.8 Å². The van der Waals surface area contributed by atoms with Gasteiger partial charge >= 0.3 is 0 Å². The molecule has 146 valence electrons. The van der Waals surface area contributed by atoms with Gasteiger partial charge in [-0.2, -0.15) is 0 Å². The van der Waals surface area contributed by atoms with Crippen LogP contribution in [0.5, 0.6) is 0 Å². The second-order valence-electron chi connectivity index (χ2n) is 6.33. The number of benzene rings is 1. The van der Waals surface area contributed by atoms with Crippen LogP contribution in [0.3, 0.4) is 0 Å². The van der Waals surface area contributed by atoms with Crippen molar-refractivity contribution in [3.63, 3.8) is 0 Å². The molecule has 1 saturated heterocycles. The lowest BCUT2D eigenvalue weighted by molar-refractivity contribution is -0.121. The zero-order valence-electron chi connectivity index (χ0n) is 15.1. The molecule has 9 heteroatoms. The Hall–Kier alpha value is -1.55. The first-order chi connectivity index (χ1) is 12.4. The summed E-state index contributed by atoms with van der Waals surface area (Å²) in [5.74, 6) is -0.559. The second-order valence-corrected chi connectivity index (χ2v) is 8.37. The number of amides is 1. The van der Waals surface area contributed by atoms with E-state index in [0.717, 1.165) is 44.9 Å². The smallest absolute Gasteiger partial charge is 0.242 e. The fourth-order valence-corrected chi connectivity index (χ4v) is 3.95. The molecule has 1 fully saturated rings. The van der Waals surface area contributed by atoms with Gasteiger partial charge in [0.25, 0.3) is 0 Å². The van der Waals surface area contributed by atoms with E-state index in [9.17, 15) is 17.6 Å². The van der Waals surface area contributed by atoms with E-state index in [1.165, 1.54) is 23.5 Å². The SMILES string of the molecule is CN(CCCC(=O)NCCN1CCNCC1)S(=O)(=O)c1ccc(F)cc1. The van der Waals surface area contributed by atoms with Crippen LogP contribution in [0, 0.1) is 5.82 Å². The lowest BCUT2D eigenvalue weighted by atomic mass is 10.3. The summed E-state index contributed by atoms with van der Waals surface area (Å²) in [6.45, 7) is 5.58. The molecule has 26 heavy (non-hydrogen) atoms. The molecule has 7 nitrogen and oxygen atoms in total. The van der Waals surface area contributed by atoms with Crippen LogP contribution >= 0.6 is 0 Å². The predicted molar refractivity (Wildman–Crippen MR) is 97.8 cm³/mol. The largest absolute Gasteiger partial charge is 0.355 e. The van der Waals surface area contributed by atoms with Crippen LogP contribution in [0.2, 0.25) is 0 Å². The molecule has 1 amide bonds. The van der Waals surface area contributed by atoms with Crippen LogP contribution in [0.15, 0.2) is 29.2 Å². The first-order valence-electron chi connectivity index (χ1n) is 8.81. The summed E-state index contributed by atoms with van der Waals surface area (Å²) < 4.78 is 38.8. The lowest BCUT2D eigenvalue weighted by Gasteiger charge is -2.27. The third kappa shape index (κ3) is 6.31. The topological polar surface area (TPSA) is 81.8 Å². The summed E-state index contributed by atoms with van der Waals surface area (Å²) in [6.07, 6.45) is 0.696. The Balaban J connectivity index is 1.67. The number of piperazine rings is 1. The molecule has 0 radical (unpaired) electrons. The highest BCUT2D eigenvalue weighted by Gasteiger charge is 2.20. The van der Waals surface area contributed by atoms with Gasteiger partial charge in [0, 0.05) is 59.3 Å². The molecule has 1 aliphatic rings. The van der Waals surface area contributed by atoms with E-state index < -0.39 is 15.8 Å². The van der Waals surface area contributed by atoms with Crippen LogP contribution in [-0.2, 0) is 14.8 Å². The van der Waals surface area contributed by atoms with Gasteiger partial charge in [0.05, 0.1) is 4.90 Å². The number of halogens is 1. The third-order valence-corrected chi connectivity index (χ3v) is 6.23. The molecule has 0 saturated carbocycles. The molecule has 0 spiro atoms. The highest BCUT2D eigenvalue weighted by molar-refractivity contribution is 7.89. The van der Waals surface area contributed by atoms with Gasteiger partial charge in [0.1, 0.15) is 5.82 Å². The Morgan fingerprint density at radius 3 is 2.58 bits per heavy atom. The van der Waals surface area contributed by atoms with Gasteiger partial charge in [-0.15, -0.1) is 0 Å². The van der Waals surface area contributed by atoms with Gasteiger partial charge in [-0.25, -0.2) is 17.1 Å². The third-order valence-electron chi connectivity index (χ3n) is 4.36. The normalized spacial score (nSPS) is 16.0.